The van der Waals surface area contributed by atoms with E-state index in [0.717, 1.165) is 6.42 Å². The van der Waals surface area contributed by atoms with Crippen LogP contribution < -0.4 is 11.1 Å². The van der Waals surface area contributed by atoms with Crippen molar-refractivity contribution in [3.05, 3.63) is 64.2 Å². The molecule has 0 aliphatic carbocycles. The highest BCUT2D eigenvalue weighted by atomic mass is 35.5. The lowest BCUT2D eigenvalue weighted by Crippen LogP contribution is -2.34. The summed E-state index contributed by atoms with van der Waals surface area (Å²) in [6.45, 7) is 4.06. The molecule has 0 aliphatic heterocycles. The molecule has 0 heterocycles. The number of nitrogens with two attached hydrogens (primary N) is 1. The highest BCUT2D eigenvalue weighted by Crippen LogP contribution is 2.19. The number of carbonyl (C=O) groups excluding carboxylic acids is 1. The van der Waals surface area contributed by atoms with Crippen LogP contribution in [0.4, 0.5) is 5.69 Å². The predicted octanol–water partition coefficient (Wildman–Crippen LogP) is 3.59. The normalized spacial score (nSPS) is 12.0. The van der Waals surface area contributed by atoms with Gasteiger partial charge in [0.25, 0.3) is 5.91 Å². The molecule has 1 amide bonds. The van der Waals surface area contributed by atoms with Crippen LogP contribution in [0.25, 0.3) is 0 Å². The maximum atomic E-state index is 12.2. The number of halogens is 1. The van der Waals surface area contributed by atoms with Crippen LogP contribution in [0.5, 0.6) is 0 Å². The molecule has 3 nitrogen and oxygen atoms in total. The SMILES string of the molecule is Cc1ccccc1CC(C)NC(=O)c1ccc(N)c(Cl)c1. The number of hydrogen-bond donors (Lipinski definition) is 2. The molecule has 0 spiro atoms. The summed E-state index contributed by atoms with van der Waals surface area (Å²) < 4.78 is 0. The Bertz CT molecular complexity index is 655. The van der Waals surface area contributed by atoms with Crippen LogP contribution in [0.15, 0.2) is 42.5 Å². The Balaban J connectivity index is 2.02. The Morgan fingerprint density at radius 2 is 2.00 bits per heavy atom. The van der Waals surface area contributed by atoms with Crippen LogP contribution in [0.1, 0.15) is 28.4 Å². The maximum Gasteiger partial charge on any atom is 0.251 e. The third kappa shape index (κ3) is 3.99. The summed E-state index contributed by atoms with van der Waals surface area (Å²) in [5.74, 6) is -0.141. The van der Waals surface area contributed by atoms with E-state index in [9.17, 15) is 4.79 Å². The molecular weight excluding hydrogens is 284 g/mol. The average molecular weight is 303 g/mol. The molecule has 0 aromatic heterocycles. The zero-order valence-corrected chi connectivity index (χ0v) is 12.9. The molecule has 3 N–H and O–H groups in total. The fraction of sp³-hybridized carbons (Fsp3) is 0.235. The van der Waals surface area contributed by atoms with Gasteiger partial charge in [-0.2, -0.15) is 0 Å². The van der Waals surface area contributed by atoms with E-state index in [1.165, 1.54) is 11.1 Å². The van der Waals surface area contributed by atoms with E-state index in [2.05, 4.69) is 24.4 Å². The van der Waals surface area contributed by atoms with E-state index in [-0.39, 0.29) is 11.9 Å². The monoisotopic (exact) mass is 302 g/mol. The van der Waals surface area contributed by atoms with Crippen molar-refractivity contribution in [3.63, 3.8) is 0 Å². The number of carbonyl (C=O) groups is 1. The standard InChI is InChI=1S/C17H19ClN2O/c1-11-5-3-4-6-13(11)9-12(2)20-17(21)14-7-8-16(19)15(18)10-14/h3-8,10,12H,9,19H2,1-2H3,(H,20,21). The highest BCUT2D eigenvalue weighted by Gasteiger charge is 2.12. The van der Waals surface area contributed by atoms with Gasteiger partial charge >= 0.3 is 0 Å². The van der Waals surface area contributed by atoms with Gasteiger partial charge in [-0.05, 0) is 49.6 Å². The Morgan fingerprint density at radius 1 is 1.29 bits per heavy atom. The van der Waals surface area contributed by atoms with Crippen LogP contribution in [0.3, 0.4) is 0 Å². The molecule has 2 rings (SSSR count). The molecular formula is C17H19ClN2O. The molecule has 110 valence electrons. The average Bonchev–Trinajstić information content (AvgIpc) is 2.44. The molecule has 0 fully saturated rings. The number of nitrogens with one attached hydrogen (secondary N) is 1. The van der Waals surface area contributed by atoms with E-state index in [4.69, 9.17) is 17.3 Å². The van der Waals surface area contributed by atoms with E-state index in [1.807, 2.05) is 19.1 Å². The van der Waals surface area contributed by atoms with E-state index >= 15 is 0 Å². The van der Waals surface area contributed by atoms with Gasteiger partial charge in [-0.1, -0.05) is 35.9 Å². The summed E-state index contributed by atoms with van der Waals surface area (Å²) in [6.07, 6.45) is 0.793. The first-order valence-electron chi connectivity index (χ1n) is 6.87. The topological polar surface area (TPSA) is 55.1 Å². The zero-order chi connectivity index (χ0) is 15.4. The maximum absolute atomic E-state index is 12.2. The molecule has 4 heteroatoms. The Labute approximate surface area is 130 Å². The lowest BCUT2D eigenvalue weighted by atomic mass is 10.0. The van der Waals surface area contributed by atoms with Crippen LogP contribution in [-0.4, -0.2) is 11.9 Å². The van der Waals surface area contributed by atoms with Gasteiger partial charge in [0.15, 0.2) is 0 Å². The second-order valence-electron chi connectivity index (χ2n) is 5.24. The lowest BCUT2D eigenvalue weighted by Gasteiger charge is -2.15. The first-order chi connectivity index (χ1) is 9.97. The van der Waals surface area contributed by atoms with Gasteiger partial charge in [0.2, 0.25) is 0 Å². The first kappa shape index (κ1) is 15.4. The van der Waals surface area contributed by atoms with Crippen molar-refractivity contribution in [1.29, 1.82) is 0 Å². The summed E-state index contributed by atoms with van der Waals surface area (Å²) in [5.41, 5.74) is 9.11. The number of anilines is 1. The van der Waals surface area contributed by atoms with Crippen molar-refractivity contribution in [2.24, 2.45) is 0 Å². The smallest absolute Gasteiger partial charge is 0.251 e. The molecule has 21 heavy (non-hydrogen) atoms. The molecule has 1 unspecified atom stereocenters. The van der Waals surface area contributed by atoms with E-state index in [0.29, 0.717) is 16.3 Å². The fourth-order valence-corrected chi connectivity index (χ4v) is 2.38. The van der Waals surface area contributed by atoms with Gasteiger partial charge < -0.3 is 11.1 Å². The van der Waals surface area contributed by atoms with E-state index in [1.54, 1.807) is 18.2 Å². The summed E-state index contributed by atoms with van der Waals surface area (Å²) in [7, 11) is 0. The van der Waals surface area contributed by atoms with Crippen molar-refractivity contribution in [1.82, 2.24) is 5.32 Å². The van der Waals surface area contributed by atoms with Gasteiger partial charge in [0.1, 0.15) is 0 Å². The van der Waals surface area contributed by atoms with Crippen LogP contribution in [-0.2, 0) is 6.42 Å². The van der Waals surface area contributed by atoms with Crippen molar-refractivity contribution in [3.8, 4) is 0 Å². The predicted molar refractivity (Wildman–Crippen MR) is 87.7 cm³/mol. The van der Waals surface area contributed by atoms with Gasteiger partial charge in [-0.15, -0.1) is 0 Å². The number of hydrogen-bond acceptors (Lipinski definition) is 2. The Hall–Kier alpha value is -2.00. The van der Waals surface area contributed by atoms with E-state index < -0.39 is 0 Å². The fourth-order valence-electron chi connectivity index (χ4n) is 2.20. The molecule has 2 aromatic carbocycles. The number of rotatable bonds is 4. The molecule has 0 aliphatic rings. The quantitative estimate of drug-likeness (QED) is 0.848. The Kier molecular flexibility index (Phi) is 4.86. The van der Waals surface area contributed by atoms with Crippen molar-refractivity contribution in [2.75, 3.05) is 5.73 Å². The van der Waals surface area contributed by atoms with Crippen LogP contribution in [0, 0.1) is 6.92 Å². The van der Waals surface area contributed by atoms with Crippen molar-refractivity contribution < 1.29 is 4.79 Å². The summed E-state index contributed by atoms with van der Waals surface area (Å²) in [6, 6.07) is 13.1. The number of amides is 1. The van der Waals surface area contributed by atoms with Gasteiger partial charge in [0.05, 0.1) is 10.7 Å². The Morgan fingerprint density at radius 3 is 2.67 bits per heavy atom. The molecule has 0 bridgehead atoms. The van der Waals surface area contributed by atoms with Crippen LogP contribution in [0.2, 0.25) is 5.02 Å². The second kappa shape index (κ2) is 6.64. The summed E-state index contributed by atoms with van der Waals surface area (Å²) in [4.78, 5) is 12.2. The van der Waals surface area contributed by atoms with Crippen molar-refractivity contribution in [2.45, 2.75) is 26.3 Å². The third-order valence-corrected chi connectivity index (χ3v) is 3.75. The lowest BCUT2D eigenvalue weighted by molar-refractivity contribution is 0.0940. The van der Waals surface area contributed by atoms with Gasteiger partial charge in [0, 0.05) is 11.6 Å². The third-order valence-electron chi connectivity index (χ3n) is 3.43. The number of nitrogen functional groups attached to an aromatic ring is 1. The minimum atomic E-state index is -0.141. The molecule has 0 saturated heterocycles. The summed E-state index contributed by atoms with van der Waals surface area (Å²) >= 11 is 5.94. The second-order valence-corrected chi connectivity index (χ2v) is 5.65. The first-order valence-corrected chi connectivity index (χ1v) is 7.25. The summed E-state index contributed by atoms with van der Waals surface area (Å²) in [5, 5.41) is 3.38. The number of aryl methyl sites for hydroxylation is 1. The molecule has 1 atom stereocenters. The molecule has 2 aromatic rings. The molecule has 0 saturated carbocycles. The minimum absolute atomic E-state index is 0.0370. The highest BCUT2D eigenvalue weighted by molar-refractivity contribution is 6.33. The molecule has 0 radical (unpaired) electrons. The largest absolute Gasteiger partial charge is 0.398 e. The number of benzene rings is 2. The van der Waals surface area contributed by atoms with Gasteiger partial charge in [-0.3, -0.25) is 4.79 Å². The van der Waals surface area contributed by atoms with Crippen LogP contribution >= 0.6 is 11.6 Å². The van der Waals surface area contributed by atoms with Gasteiger partial charge in [-0.25, -0.2) is 0 Å². The van der Waals surface area contributed by atoms with Crippen molar-refractivity contribution >= 4 is 23.2 Å². The minimum Gasteiger partial charge on any atom is -0.398 e. The zero-order valence-electron chi connectivity index (χ0n) is 12.2.